The molecule has 1 amide bonds. The Labute approximate surface area is 147 Å². The largest absolute Gasteiger partial charge is 0.481 e. The molecular formula is C19H23ClN2O2. The Morgan fingerprint density at radius 2 is 2.17 bits per heavy atom. The molecule has 1 N–H and O–H groups in total. The van der Waals surface area contributed by atoms with Crippen LogP contribution in [0.2, 0.25) is 5.02 Å². The first-order valence-electron chi connectivity index (χ1n) is 8.51. The fraction of sp³-hybridized carbons (Fsp3) is 0.474. The maximum absolute atomic E-state index is 12.3. The van der Waals surface area contributed by atoms with E-state index in [0.29, 0.717) is 28.1 Å². The molecule has 24 heavy (non-hydrogen) atoms. The molecule has 3 atom stereocenters. The van der Waals surface area contributed by atoms with Gasteiger partial charge >= 0.3 is 0 Å². The first kappa shape index (κ1) is 17.0. The third-order valence-electron chi connectivity index (χ3n) is 5.09. The molecule has 2 aromatic rings. The number of pyridine rings is 1. The summed E-state index contributed by atoms with van der Waals surface area (Å²) in [6.45, 7) is 4.46. The van der Waals surface area contributed by atoms with Crippen molar-refractivity contribution in [2.45, 2.75) is 39.2 Å². The summed E-state index contributed by atoms with van der Waals surface area (Å²) in [5.74, 6) is 1.64. The predicted molar refractivity (Wildman–Crippen MR) is 96.4 cm³/mol. The molecule has 1 heterocycles. The van der Waals surface area contributed by atoms with E-state index >= 15 is 0 Å². The van der Waals surface area contributed by atoms with Crippen molar-refractivity contribution in [1.82, 2.24) is 10.3 Å². The number of carbonyl (C=O) groups excluding carboxylic acids is 1. The Morgan fingerprint density at radius 3 is 3.00 bits per heavy atom. The van der Waals surface area contributed by atoms with E-state index in [-0.39, 0.29) is 18.6 Å². The number of rotatable bonds is 4. The molecule has 0 aliphatic heterocycles. The summed E-state index contributed by atoms with van der Waals surface area (Å²) in [7, 11) is 0. The highest BCUT2D eigenvalue weighted by molar-refractivity contribution is 6.35. The maximum atomic E-state index is 12.3. The van der Waals surface area contributed by atoms with Crippen molar-refractivity contribution in [2.75, 3.05) is 6.61 Å². The van der Waals surface area contributed by atoms with Crippen LogP contribution in [-0.2, 0) is 4.79 Å². The topological polar surface area (TPSA) is 51.2 Å². The number of aromatic nitrogens is 1. The van der Waals surface area contributed by atoms with Gasteiger partial charge in [-0.1, -0.05) is 38.3 Å². The zero-order valence-corrected chi connectivity index (χ0v) is 14.8. The highest BCUT2D eigenvalue weighted by Gasteiger charge is 2.28. The summed E-state index contributed by atoms with van der Waals surface area (Å²) in [6.07, 6.45) is 5.15. The molecule has 4 nitrogen and oxygen atoms in total. The zero-order valence-electron chi connectivity index (χ0n) is 14.1. The number of benzene rings is 1. The monoisotopic (exact) mass is 346 g/mol. The Kier molecular flexibility index (Phi) is 5.24. The Hall–Kier alpha value is -1.81. The van der Waals surface area contributed by atoms with E-state index < -0.39 is 0 Å². The van der Waals surface area contributed by atoms with Crippen molar-refractivity contribution in [2.24, 2.45) is 11.8 Å². The molecule has 3 rings (SSSR count). The molecule has 1 saturated carbocycles. The third kappa shape index (κ3) is 3.64. The maximum Gasteiger partial charge on any atom is 0.258 e. The van der Waals surface area contributed by atoms with Gasteiger partial charge in [-0.25, -0.2) is 0 Å². The summed E-state index contributed by atoms with van der Waals surface area (Å²) in [4.78, 5) is 16.6. The van der Waals surface area contributed by atoms with Gasteiger partial charge in [0, 0.05) is 17.6 Å². The molecule has 0 bridgehead atoms. The number of nitrogens with one attached hydrogen (secondary N) is 1. The van der Waals surface area contributed by atoms with E-state index in [1.54, 1.807) is 18.3 Å². The van der Waals surface area contributed by atoms with Gasteiger partial charge in [-0.2, -0.15) is 0 Å². The second-order valence-electron chi connectivity index (χ2n) is 6.68. The molecular weight excluding hydrogens is 324 g/mol. The van der Waals surface area contributed by atoms with Crippen LogP contribution in [0.15, 0.2) is 30.5 Å². The van der Waals surface area contributed by atoms with Crippen LogP contribution >= 0.6 is 11.6 Å². The molecule has 1 aliphatic rings. The van der Waals surface area contributed by atoms with Crippen LogP contribution in [0.3, 0.4) is 0 Å². The lowest BCUT2D eigenvalue weighted by atomic mass is 9.78. The van der Waals surface area contributed by atoms with Gasteiger partial charge < -0.3 is 10.1 Å². The number of hydrogen-bond donors (Lipinski definition) is 1. The van der Waals surface area contributed by atoms with Crippen molar-refractivity contribution in [3.63, 3.8) is 0 Å². The minimum Gasteiger partial charge on any atom is -0.481 e. The summed E-state index contributed by atoms with van der Waals surface area (Å²) in [5, 5.41) is 4.57. The third-order valence-corrected chi connectivity index (χ3v) is 5.42. The molecule has 0 saturated heterocycles. The first-order chi connectivity index (χ1) is 11.6. The van der Waals surface area contributed by atoms with E-state index in [2.05, 4.69) is 24.1 Å². The van der Waals surface area contributed by atoms with Crippen LogP contribution in [0, 0.1) is 11.8 Å². The van der Waals surface area contributed by atoms with Gasteiger partial charge in [0.15, 0.2) is 6.61 Å². The molecule has 1 aromatic heterocycles. The van der Waals surface area contributed by atoms with Crippen molar-refractivity contribution in [3.8, 4) is 5.75 Å². The van der Waals surface area contributed by atoms with Crippen molar-refractivity contribution < 1.29 is 9.53 Å². The van der Waals surface area contributed by atoms with Gasteiger partial charge in [-0.05, 0) is 42.5 Å². The van der Waals surface area contributed by atoms with Crippen LogP contribution in [0.1, 0.15) is 33.1 Å². The highest BCUT2D eigenvalue weighted by atomic mass is 35.5. The van der Waals surface area contributed by atoms with Crippen LogP contribution in [0.5, 0.6) is 5.75 Å². The number of fused-ring (bicyclic) bond motifs is 1. The fourth-order valence-corrected chi connectivity index (χ4v) is 3.62. The number of amides is 1. The minimum absolute atomic E-state index is 0.00902. The van der Waals surface area contributed by atoms with Crippen LogP contribution in [0.4, 0.5) is 0 Å². The lowest BCUT2D eigenvalue weighted by Crippen LogP contribution is -2.45. The lowest BCUT2D eigenvalue weighted by molar-refractivity contribution is -0.124. The molecule has 1 fully saturated rings. The van der Waals surface area contributed by atoms with Gasteiger partial charge in [0.2, 0.25) is 0 Å². The lowest BCUT2D eigenvalue weighted by Gasteiger charge is -2.34. The van der Waals surface area contributed by atoms with E-state index in [9.17, 15) is 4.79 Å². The molecule has 5 heteroatoms. The van der Waals surface area contributed by atoms with Crippen molar-refractivity contribution in [3.05, 3.63) is 35.5 Å². The van der Waals surface area contributed by atoms with Crippen LogP contribution in [-0.4, -0.2) is 23.5 Å². The summed E-state index contributed by atoms with van der Waals surface area (Å²) in [6, 6.07) is 7.49. The number of hydrogen-bond acceptors (Lipinski definition) is 3. The van der Waals surface area contributed by atoms with Gasteiger partial charge in [0.1, 0.15) is 11.3 Å². The Bertz CT molecular complexity index is 734. The van der Waals surface area contributed by atoms with Crippen molar-refractivity contribution in [1.29, 1.82) is 0 Å². The predicted octanol–water partition coefficient (Wildman–Crippen LogP) is 4.21. The number of halogens is 1. The second-order valence-corrected chi connectivity index (χ2v) is 7.08. The van der Waals surface area contributed by atoms with Gasteiger partial charge in [-0.15, -0.1) is 0 Å². The van der Waals surface area contributed by atoms with Gasteiger partial charge in [0.05, 0.1) is 5.02 Å². The summed E-state index contributed by atoms with van der Waals surface area (Å²) >= 11 is 6.18. The minimum atomic E-state index is -0.0834. The zero-order chi connectivity index (χ0) is 17.1. The Morgan fingerprint density at radius 1 is 1.33 bits per heavy atom. The molecule has 1 aliphatic carbocycles. The van der Waals surface area contributed by atoms with Crippen LogP contribution in [0.25, 0.3) is 10.9 Å². The van der Waals surface area contributed by atoms with Crippen LogP contribution < -0.4 is 10.1 Å². The quantitative estimate of drug-likeness (QED) is 0.902. The van der Waals surface area contributed by atoms with E-state index in [0.717, 1.165) is 11.8 Å². The molecule has 0 unspecified atom stereocenters. The highest BCUT2D eigenvalue weighted by Crippen LogP contribution is 2.30. The smallest absolute Gasteiger partial charge is 0.258 e. The van der Waals surface area contributed by atoms with Crippen molar-refractivity contribution >= 4 is 28.4 Å². The van der Waals surface area contributed by atoms with E-state index in [1.165, 1.54) is 12.8 Å². The number of nitrogens with zero attached hydrogens (tertiary/aromatic N) is 1. The fourth-order valence-electron chi connectivity index (χ4n) is 3.41. The van der Waals surface area contributed by atoms with E-state index in [1.807, 2.05) is 12.1 Å². The average Bonchev–Trinajstić information content (AvgIpc) is 2.59. The molecule has 128 valence electrons. The molecule has 1 aromatic carbocycles. The van der Waals surface area contributed by atoms with Gasteiger partial charge in [0.25, 0.3) is 5.91 Å². The summed E-state index contributed by atoms with van der Waals surface area (Å²) in [5.41, 5.74) is 0.678. The second kappa shape index (κ2) is 7.39. The average molecular weight is 347 g/mol. The number of ether oxygens (including phenoxy) is 1. The normalized spacial score (nSPS) is 23.9. The van der Waals surface area contributed by atoms with Gasteiger partial charge in [-0.3, -0.25) is 9.78 Å². The molecule has 0 radical (unpaired) electrons. The summed E-state index contributed by atoms with van der Waals surface area (Å²) < 4.78 is 5.71. The standard InChI is InChI=1S/C19H23ClN2O2/c1-12-5-3-7-16(13(12)2)22-18(23)11-24-17-9-8-15(20)14-6-4-10-21-19(14)17/h4,6,8-10,12-13,16H,3,5,7,11H2,1-2H3,(H,22,23)/t12-,13+,16+/m0/s1. The first-order valence-corrected chi connectivity index (χ1v) is 8.89. The number of carbonyl (C=O) groups is 1. The SMILES string of the molecule is C[C@@H]1[C@@H](C)CCC[C@H]1NC(=O)COc1ccc(Cl)c2cccnc12. The molecule has 0 spiro atoms. The van der Waals surface area contributed by atoms with E-state index in [4.69, 9.17) is 16.3 Å². The Balaban J connectivity index is 1.64.